The van der Waals surface area contributed by atoms with E-state index in [1.165, 1.54) is 76.8 Å². The van der Waals surface area contributed by atoms with Crippen LogP contribution in [0.25, 0.3) is 76.8 Å². The minimum Gasteiger partial charge on any atom is -0.0616 e. The van der Waals surface area contributed by atoms with Gasteiger partial charge in [0.25, 0.3) is 0 Å². The number of fused-ring (bicyclic) bond motifs is 6. The molecule has 0 nitrogen and oxygen atoms in total. The molecule has 0 aromatic heterocycles. The fourth-order valence-corrected chi connectivity index (χ4v) is 6.66. The summed E-state index contributed by atoms with van der Waals surface area (Å²) in [6, 6.07) is 46.7. The minimum absolute atomic E-state index is 1.11. The zero-order valence-corrected chi connectivity index (χ0v) is 21.6. The van der Waals surface area contributed by atoms with Gasteiger partial charge in [-0.3, -0.25) is 0 Å². The molecular weight excluding hydrogens is 512 g/mol. The van der Waals surface area contributed by atoms with E-state index in [1.54, 1.807) is 0 Å². The van der Waals surface area contributed by atoms with Crippen LogP contribution in [0, 0.1) is 0 Å². The molecular formula is C36H21Br. The average Bonchev–Trinajstić information content (AvgIpc) is 3.29. The van der Waals surface area contributed by atoms with Gasteiger partial charge in [-0.15, -0.1) is 0 Å². The number of halogens is 1. The summed E-state index contributed by atoms with van der Waals surface area (Å²) < 4.78 is 1.11. The molecule has 7 aromatic carbocycles. The first kappa shape index (κ1) is 20.9. The van der Waals surface area contributed by atoms with E-state index in [0.717, 1.165) is 4.47 Å². The van der Waals surface area contributed by atoms with Crippen molar-refractivity contribution in [2.24, 2.45) is 0 Å². The van der Waals surface area contributed by atoms with Gasteiger partial charge in [-0.2, -0.15) is 0 Å². The SMILES string of the molecule is Brc1ccc2c(-c3ccc(-c4cccc5ccccc45)cc3)c3cccc4c3c(c2c1)-c1ccccc1-4. The molecule has 0 aliphatic heterocycles. The van der Waals surface area contributed by atoms with Gasteiger partial charge < -0.3 is 0 Å². The number of benzene rings is 7. The van der Waals surface area contributed by atoms with Crippen molar-refractivity contribution < 1.29 is 0 Å². The van der Waals surface area contributed by atoms with E-state index in [0.29, 0.717) is 0 Å². The molecule has 0 amide bonds. The zero-order valence-electron chi connectivity index (χ0n) is 20.0. The third-order valence-corrected chi connectivity index (χ3v) is 8.36. The van der Waals surface area contributed by atoms with Crippen LogP contribution in [0.2, 0.25) is 0 Å². The molecule has 8 rings (SSSR count). The molecule has 0 radical (unpaired) electrons. The molecule has 37 heavy (non-hydrogen) atoms. The monoisotopic (exact) mass is 532 g/mol. The van der Waals surface area contributed by atoms with Crippen LogP contribution in [0.5, 0.6) is 0 Å². The summed E-state index contributed by atoms with van der Waals surface area (Å²) in [5.74, 6) is 0. The fraction of sp³-hybridized carbons (Fsp3) is 0. The summed E-state index contributed by atoms with van der Waals surface area (Å²) in [7, 11) is 0. The summed E-state index contributed by atoms with van der Waals surface area (Å²) in [4.78, 5) is 0. The molecule has 0 N–H and O–H groups in total. The van der Waals surface area contributed by atoms with Crippen LogP contribution in [0.3, 0.4) is 0 Å². The minimum atomic E-state index is 1.11. The Labute approximate surface area is 224 Å². The third-order valence-electron chi connectivity index (χ3n) is 7.86. The van der Waals surface area contributed by atoms with Gasteiger partial charge in [0, 0.05) is 4.47 Å². The zero-order chi connectivity index (χ0) is 24.5. The first-order valence-electron chi connectivity index (χ1n) is 12.6. The number of hydrogen-bond donors (Lipinski definition) is 0. The van der Waals surface area contributed by atoms with Crippen LogP contribution in [0.1, 0.15) is 0 Å². The molecule has 0 spiro atoms. The molecule has 0 heterocycles. The molecule has 1 aliphatic carbocycles. The Kier molecular flexibility index (Phi) is 4.47. The highest BCUT2D eigenvalue weighted by Crippen LogP contribution is 2.53. The Hall–Kier alpha value is -4.20. The van der Waals surface area contributed by atoms with Gasteiger partial charge >= 0.3 is 0 Å². The van der Waals surface area contributed by atoms with Gasteiger partial charge in [0.2, 0.25) is 0 Å². The van der Waals surface area contributed by atoms with E-state index in [1.807, 2.05) is 0 Å². The predicted molar refractivity (Wildman–Crippen MR) is 162 cm³/mol. The quantitative estimate of drug-likeness (QED) is 0.194. The van der Waals surface area contributed by atoms with Crippen molar-refractivity contribution in [3.63, 3.8) is 0 Å². The lowest BCUT2D eigenvalue weighted by Crippen LogP contribution is -1.89. The average molecular weight is 533 g/mol. The van der Waals surface area contributed by atoms with Crippen LogP contribution >= 0.6 is 15.9 Å². The Bertz CT molecular complexity index is 2020. The van der Waals surface area contributed by atoms with E-state index in [2.05, 4.69) is 143 Å². The van der Waals surface area contributed by atoms with Crippen LogP contribution < -0.4 is 0 Å². The second-order valence-corrected chi connectivity index (χ2v) is 10.7. The van der Waals surface area contributed by atoms with Crippen molar-refractivity contribution >= 4 is 48.2 Å². The maximum Gasteiger partial charge on any atom is 0.0181 e. The molecule has 172 valence electrons. The fourth-order valence-electron chi connectivity index (χ4n) is 6.30. The first-order chi connectivity index (χ1) is 18.3. The second-order valence-electron chi connectivity index (χ2n) is 9.82. The lowest BCUT2D eigenvalue weighted by atomic mass is 9.87. The molecule has 0 bridgehead atoms. The van der Waals surface area contributed by atoms with Gasteiger partial charge in [0.1, 0.15) is 0 Å². The number of hydrogen-bond acceptors (Lipinski definition) is 0. The molecule has 0 fully saturated rings. The highest BCUT2D eigenvalue weighted by molar-refractivity contribution is 9.10. The molecule has 0 atom stereocenters. The van der Waals surface area contributed by atoms with Crippen molar-refractivity contribution in [3.8, 4) is 44.5 Å². The molecule has 0 unspecified atom stereocenters. The van der Waals surface area contributed by atoms with Gasteiger partial charge in [0.15, 0.2) is 0 Å². The lowest BCUT2D eigenvalue weighted by molar-refractivity contribution is 1.63. The standard InChI is InChI=1S/C36H21Br/c37-25-19-20-31-33(21-25)36-29-11-4-3-10-28(29)30-13-6-14-32(35(30)36)34(31)24-17-15-23(16-18-24)27-12-5-8-22-7-1-2-9-26(22)27/h1-21H. The van der Waals surface area contributed by atoms with Crippen molar-refractivity contribution in [2.45, 2.75) is 0 Å². The smallest absolute Gasteiger partial charge is 0.0181 e. The molecule has 0 saturated carbocycles. The summed E-state index contributed by atoms with van der Waals surface area (Å²) in [5.41, 5.74) is 10.4. The van der Waals surface area contributed by atoms with Crippen LogP contribution in [-0.4, -0.2) is 0 Å². The summed E-state index contributed by atoms with van der Waals surface area (Å²) in [6.07, 6.45) is 0. The summed E-state index contributed by atoms with van der Waals surface area (Å²) in [5, 5.41) is 7.83. The van der Waals surface area contributed by atoms with E-state index in [4.69, 9.17) is 0 Å². The largest absolute Gasteiger partial charge is 0.0616 e. The van der Waals surface area contributed by atoms with E-state index < -0.39 is 0 Å². The maximum atomic E-state index is 3.75. The molecule has 7 aromatic rings. The molecule has 1 aliphatic rings. The Morgan fingerprint density at radius 2 is 1.03 bits per heavy atom. The van der Waals surface area contributed by atoms with Crippen molar-refractivity contribution in [1.29, 1.82) is 0 Å². The Morgan fingerprint density at radius 1 is 0.378 bits per heavy atom. The normalized spacial score (nSPS) is 11.9. The van der Waals surface area contributed by atoms with Crippen molar-refractivity contribution in [1.82, 2.24) is 0 Å². The van der Waals surface area contributed by atoms with Gasteiger partial charge in [-0.1, -0.05) is 131 Å². The van der Waals surface area contributed by atoms with E-state index in [-0.39, 0.29) is 0 Å². The van der Waals surface area contributed by atoms with E-state index >= 15 is 0 Å². The van der Waals surface area contributed by atoms with E-state index in [9.17, 15) is 0 Å². The highest BCUT2D eigenvalue weighted by Gasteiger charge is 2.26. The van der Waals surface area contributed by atoms with Crippen molar-refractivity contribution in [3.05, 3.63) is 132 Å². The van der Waals surface area contributed by atoms with Gasteiger partial charge in [-0.25, -0.2) is 0 Å². The summed E-state index contributed by atoms with van der Waals surface area (Å²) >= 11 is 3.75. The Balaban J connectivity index is 1.41. The lowest BCUT2D eigenvalue weighted by Gasteiger charge is -2.16. The highest BCUT2D eigenvalue weighted by atomic mass is 79.9. The van der Waals surface area contributed by atoms with Crippen LogP contribution in [0.15, 0.2) is 132 Å². The first-order valence-corrected chi connectivity index (χ1v) is 13.4. The Morgan fingerprint density at radius 3 is 1.92 bits per heavy atom. The summed E-state index contributed by atoms with van der Waals surface area (Å²) in [6.45, 7) is 0. The van der Waals surface area contributed by atoms with Crippen LogP contribution in [0.4, 0.5) is 0 Å². The molecule has 0 saturated heterocycles. The molecule has 1 heteroatoms. The van der Waals surface area contributed by atoms with Gasteiger partial charge in [0.05, 0.1) is 0 Å². The van der Waals surface area contributed by atoms with Gasteiger partial charge in [-0.05, 0) is 89.0 Å². The van der Waals surface area contributed by atoms with Crippen LogP contribution in [-0.2, 0) is 0 Å². The maximum absolute atomic E-state index is 3.75. The number of rotatable bonds is 2. The second kappa shape index (κ2) is 7.90. The topological polar surface area (TPSA) is 0 Å². The predicted octanol–water partition coefficient (Wildman–Crippen LogP) is 10.9. The third kappa shape index (κ3) is 3.01. The van der Waals surface area contributed by atoms with Crippen molar-refractivity contribution in [2.75, 3.05) is 0 Å².